The van der Waals surface area contributed by atoms with Crippen LogP contribution in [0, 0.1) is 0 Å². The van der Waals surface area contributed by atoms with Crippen LogP contribution in [0.2, 0.25) is 5.02 Å². The number of fused-ring (bicyclic) bond motifs is 1. The molecule has 1 aliphatic carbocycles. The third-order valence-electron chi connectivity index (χ3n) is 5.57. The molecule has 0 radical (unpaired) electrons. The highest BCUT2D eigenvalue weighted by Crippen LogP contribution is 2.38. The molecule has 10 heteroatoms. The first kappa shape index (κ1) is 23.1. The number of halogens is 1. The zero-order valence-corrected chi connectivity index (χ0v) is 20.0. The Balaban J connectivity index is 1.39. The molecule has 1 aromatic carbocycles. The largest absolute Gasteiger partial charge is 0.452 e. The van der Waals surface area contributed by atoms with Crippen molar-refractivity contribution in [1.82, 2.24) is 4.98 Å². The molecule has 7 nitrogen and oxygen atoms in total. The van der Waals surface area contributed by atoms with Crippen molar-refractivity contribution in [2.24, 2.45) is 0 Å². The first-order chi connectivity index (χ1) is 15.4. The minimum absolute atomic E-state index is 0.0616. The van der Waals surface area contributed by atoms with Crippen LogP contribution in [-0.2, 0) is 19.1 Å². The van der Waals surface area contributed by atoms with E-state index in [4.69, 9.17) is 16.3 Å². The Hall–Kier alpha value is -2.10. The van der Waals surface area contributed by atoms with Crippen LogP contribution >= 0.6 is 34.7 Å². The van der Waals surface area contributed by atoms with E-state index in [9.17, 15) is 14.4 Å². The number of carbonyl (C=O) groups is 3. The van der Waals surface area contributed by atoms with Gasteiger partial charge in [-0.2, -0.15) is 0 Å². The van der Waals surface area contributed by atoms with Crippen molar-refractivity contribution in [2.45, 2.75) is 67.7 Å². The molecule has 0 spiro atoms. The van der Waals surface area contributed by atoms with Crippen LogP contribution < -0.4 is 10.2 Å². The van der Waals surface area contributed by atoms with Gasteiger partial charge in [-0.15, -0.1) is 23.1 Å². The zero-order chi connectivity index (χ0) is 22.7. The van der Waals surface area contributed by atoms with E-state index in [1.165, 1.54) is 23.1 Å². The number of rotatable bonds is 6. The summed E-state index contributed by atoms with van der Waals surface area (Å²) in [7, 11) is 0. The minimum atomic E-state index is -0.962. The van der Waals surface area contributed by atoms with Crippen molar-refractivity contribution in [2.75, 3.05) is 10.2 Å². The van der Waals surface area contributed by atoms with Gasteiger partial charge in [0, 0.05) is 27.5 Å². The van der Waals surface area contributed by atoms with Gasteiger partial charge in [0.25, 0.3) is 5.91 Å². The van der Waals surface area contributed by atoms with E-state index in [2.05, 4.69) is 10.3 Å². The number of hydrogen-bond donors (Lipinski definition) is 1. The summed E-state index contributed by atoms with van der Waals surface area (Å²) in [5.74, 6) is -1.15. The van der Waals surface area contributed by atoms with Crippen LogP contribution in [0.4, 0.5) is 10.8 Å². The summed E-state index contributed by atoms with van der Waals surface area (Å²) < 4.78 is 5.47. The van der Waals surface area contributed by atoms with Gasteiger partial charge in [-0.05, 0) is 38.0 Å². The number of amides is 2. The summed E-state index contributed by atoms with van der Waals surface area (Å²) in [6, 6.07) is 5.28. The molecule has 2 aromatic rings. The molecule has 2 heterocycles. The summed E-state index contributed by atoms with van der Waals surface area (Å²) in [5.41, 5.74) is 0.632. The number of esters is 1. The predicted molar refractivity (Wildman–Crippen MR) is 126 cm³/mol. The fraction of sp³-hybridized carbons (Fsp3) is 0.455. The van der Waals surface area contributed by atoms with Crippen LogP contribution in [0.5, 0.6) is 0 Å². The van der Waals surface area contributed by atoms with E-state index >= 15 is 0 Å². The summed E-state index contributed by atoms with van der Waals surface area (Å²) in [6.45, 7) is 1.58. The van der Waals surface area contributed by atoms with E-state index in [-0.39, 0.29) is 24.3 Å². The highest BCUT2D eigenvalue weighted by Gasteiger charge is 2.35. The lowest BCUT2D eigenvalue weighted by atomic mass is 9.94. The van der Waals surface area contributed by atoms with Gasteiger partial charge in [0.1, 0.15) is 0 Å². The first-order valence-corrected chi connectivity index (χ1v) is 12.7. The van der Waals surface area contributed by atoms with E-state index in [1.807, 2.05) is 11.4 Å². The molecule has 0 unspecified atom stereocenters. The molecule has 1 aromatic heterocycles. The third kappa shape index (κ3) is 5.27. The molecule has 0 bridgehead atoms. The number of nitrogens with zero attached hydrogens (tertiary/aromatic N) is 2. The molecule has 4 rings (SSSR count). The maximum absolute atomic E-state index is 13.2. The van der Waals surface area contributed by atoms with Gasteiger partial charge in [-0.3, -0.25) is 19.3 Å². The van der Waals surface area contributed by atoms with E-state index in [0.717, 1.165) is 37.0 Å². The highest BCUT2D eigenvalue weighted by atomic mass is 35.5. The first-order valence-electron chi connectivity index (χ1n) is 10.6. The predicted octanol–water partition coefficient (Wildman–Crippen LogP) is 4.90. The Labute approximate surface area is 199 Å². The summed E-state index contributed by atoms with van der Waals surface area (Å²) in [4.78, 5) is 45.1. The number of thioether (sulfide) groups is 1. The van der Waals surface area contributed by atoms with Crippen molar-refractivity contribution < 1.29 is 19.1 Å². The molecule has 32 heavy (non-hydrogen) atoms. The van der Waals surface area contributed by atoms with Crippen LogP contribution in [-0.4, -0.2) is 40.2 Å². The Morgan fingerprint density at radius 1 is 1.31 bits per heavy atom. The number of benzene rings is 1. The molecular formula is C22H24ClN3O4S2. The monoisotopic (exact) mass is 493 g/mol. The molecule has 170 valence electrons. The van der Waals surface area contributed by atoms with Crippen molar-refractivity contribution in [3.63, 3.8) is 0 Å². The maximum atomic E-state index is 13.2. The van der Waals surface area contributed by atoms with Gasteiger partial charge in [-0.25, -0.2) is 4.98 Å². The second kappa shape index (κ2) is 10.2. The van der Waals surface area contributed by atoms with Gasteiger partial charge in [-0.1, -0.05) is 30.9 Å². The second-order valence-electron chi connectivity index (χ2n) is 7.89. The van der Waals surface area contributed by atoms with Crippen LogP contribution in [0.25, 0.3) is 0 Å². The summed E-state index contributed by atoms with van der Waals surface area (Å²) >= 11 is 8.67. The number of ether oxygens (including phenoxy) is 1. The van der Waals surface area contributed by atoms with Gasteiger partial charge < -0.3 is 10.1 Å². The smallest absolute Gasteiger partial charge is 0.308 e. The lowest BCUT2D eigenvalue weighted by Crippen LogP contribution is -2.47. The van der Waals surface area contributed by atoms with Crippen LogP contribution in [0.1, 0.15) is 45.4 Å². The molecule has 2 atom stereocenters. The quantitative estimate of drug-likeness (QED) is 0.576. The zero-order valence-electron chi connectivity index (χ0n) is 17.6. The average molecular weight is 494 g/mol. The fourth-order valence-corrected chi connectivity index (χ4v) is 5.97. The SMILES string of the molecule is C[C@@H](OC(=O)C[C@H]1Sc2ccc(Cl)cc2NC1=O)C(=O)N(c1nccs1)C1CCCCC1. The Morgan fingerprint density at radius 2 is 2.09 bits per heavy atom. The van der Waals surface area contributed by atoms with Gasteiger partial charge in [0.2, 0.25) is 5.91 Å². The molecule has 1 fully saturated rings. The number of nitrogens with one attached hydrogen (secondary N) is 1. The fourth-order valence-electron chi connectivity index (χ4n) is 4.00. The number of carbonyl (C=O) groups excluding carboxylic acids is 3. The van der Waals surface area contributed by atoms with Crippen molar-refractivity contribution in [3.8, 4) is 0 Å². The molecule has 1 saturated carbocycles. The van der Waals surface area contributed by atoms with Crippen molar-refractivity contribution in [1.29, 1.82) is 0 Å². The molecule has 0 saturated heterocycles. The standard InChI is InChI=1S/C22H24ClN3O4S2/c1-13(21(29)26(22-24-9-10-31-22)15-5-3-2-4-6-15)30-19(27)12-18-20(28)25-16-11-14(23)7-8-17(16)32-18/h7-11,13,15,18H,2-6,12H2,1H3,(H,25,28)/t13-,18-/m1/s1. The van der Waals surface area contributed by atoms with Gasteiger partial charge in [0.15, 0.2) is 11.2 Å². The normalized spacial score (nSPS) is 19.6. The maximum Gasteiger partial charge on any atom is 0.308 e. The molecule has 2 amide bonds. The van der Waals surface area contributed by atoms with Gasteiger partial charge >= 0.3 is 5.97 Å². The molecule has 1 N–H and O–H groups in total. The number of aromatic nitrogens is 1. The molecular weight excluding hydrogens is 470 g/mol. The topological polar surface area (TPSA) is 88.6 Å². The number of anilines is 2. The highest BCUT2D eigenvalue weighted by molar-refractivity contribution is 8.01. The minimum Gasteiger partial charge on any atom is -0.452 e. The number of hydrogen-bond acceptors (Lipinski definition) is 7. The lowest BCUT2D eigenvalue weighted by molar-refractivity contribution is -0.154. The Morgan fingerprint density at radius 3 is 2.81 bits per heavy atom. The van der Waals surface area contributed by atoms with Crippen molar-refractivity contribution in [3.05, 3.63) is 34.8 Å². The Bertz CT molecular complexity index is 995. The third-order valence-corrected chi connectivity index (χ3v) is 7.85. The average Bonchev–Trinajstić information content (AvgIpc) is 3.29. The van der Waals surface area contributed by atoms with Crippen LogP contribution in [0.3, 0.4) is 0 Å². The molecule has 2 aliphatic rings. The summed E-state index contributed by atoms with van der Waals surface area (Å²) in [6.07, 6.45) is 5.69. The van der Waals surface area contributed by atoms with Gasteiger partial charge in [0.05, 0.1) is 17.4 Å². The van der Waals surface area contributed by atoms with E-state index in [0.29, 0.717) is 15.8 Å². The summed E-state index contributed by atoms with van der Waals surface area (Å²) in [5, 5.41) is 5.13. The van der Waals surface area contributed by atoms with Crippen LogP contribution in [0.15, 0.2) is 34.7 Å². The lowest BCUT2D eigenvalue weighted by Gasteiger charge is -2.34. The second-order valence-corrected chi connectivity index (χ2v) is 10.4. The number of thiazole rings is 1. The van der Waals surface area contributed by atoms with E-state index < -0.39 is 17.3 Å². The van der Waals surface area contributed by atoms with Crippen molar-refractivity contribution >= 4 is 63.3 Å². The van der Waals surface area contributed by atoms with E-state index in [1.54, 1.807) is 30.2 Å². The molecule has 1 aliphatic heterocycles. The Kier molecular flexibility index (Phi) is 7.37.